The summed E-state index contributed by atoms with van der Waals surface area (Å²) in [5.74, 6) is 0.0352. The van der Waals surface area contributed by atoms with E-state index in [4.69, 9.17) is 0 Å². The van der Waals surface area contributed by atoms with Crippen molar-refractivity contribution in [2.45, 2.75) is 18.8 Å². The van der Waals surface area contributed by atoms with Gasteiger partial charge in [-0.3, -0.25) is 0 Å². The SMILES string of the molecule is CNCc1ccc(CS(=O)(=O)N(C)Cc2ccsc2)cc1. The third-order valence-electron chi connectivity index (χ3n) is 3.21. The molecule has 1 aromatic heterocycles. The Morgan fingerprint density at radius 2 is 1.76 bits per heavy atom. The quantitative estimate of drug-likeness (QED) is 0.851. The molecule has 0 aliphatic rings. The smallest absolute Gasteiger partial charge is 0.218 e. The van der Waals surface area contributed by atoms with Crippen molar-refractivity contribution in [3.63, 3.8) is 0 Å². The summed E-state index contributed by atoms with van der Waals surface area (Å²) >= 11 is 1.57. The van der Waals surface area contributed by atoms with Crippen LogP contribution in [0.15, 0.2) is 41.1 Å². The van der Waals surface area contributed by atoms with Crippen molar-refractivity contribution in [1.29, 1.82) is 0 Å². The zero-order valence-corrected chi connectivity index (χ0v) is 13.9. The number of hydrogen-bond acceptors (Lipinski definition) is 4. The maximum absolute atomic E-state index is 12.4. The van der Waals surface area contributed by atoms with Crippen LogP contribution in [-0.4, -0.2) is 26.8 Å². The van der Waals surface area contributed by atoms with Gasteiger partial charge in [-0.2, -0.15) is 11.3 Å². The Labute approximate surface area is 130 Å². The average molecular weight is 324 g/mol. The van der Waals surface area contributed by atoms with Gasteiger partial charge >= 0.3 is 0 Å². The van der Waals surface area contributed by atoms with Crippen molar-refractivity contribution < 1.29 is 8.42 Å². The molecule has 2 aromatic rings. The first-order valence-corrected chi connectivity index (χ1v) is 9.24. The summed E-state index contributed by atoms with van der Waals surface area (Å²) in [6, 6.07) is 9.62. The lowest BCUT2D eigenvalue weighted by Gasteiger charge is -2.16. The Hall–Kier alpha value is -1.21. The normalized spacial score (nSPS) is 12.0. The summed E-state index contributed by atoms with van der Waals surface area (Å²) in [4.78, 5) is 0. The number of thiophene rings is 1. The molecule has 0 bridgehead atoms. The van der Waals surface area contributed by atoms with E-state index in [2.05, 4.69) is 5.32 Å². The Morgan fingerprint density at radius 3 is 2.33 bits per heavy atom. The van der Waals surface area contributed by atoms with Crippen LogP contribution < -0.4 is 5.32 Å². The highest BCUT2D eigenvalue weighted by Gasteiger charge is 2.18. The van der Waals surface area contributed by atoms with Gasteiger partial charge in [0.15, 0.2) is 0 Å². The molecule has 0 spiro atoms. The topological polar surface area (TPSA) is 49.4 Å². The molecule has 0 saturated heterocycles. The predicted molar refractivity (Wildman–Crippen MR) is 87.6 cm³/mol. The minimum atomic E-state index is -3.29. The van der Waals surface area contributed by atoms with E-state index < -0.39 is 10.0 Å². The van der Waals surface area contributed by atoms with Gasteiger partial charge in [0.25, 0.3) is 0 Å². The second kappa shape index (κ2) is 7.17. The van der Waals surface area contributed by atoms with Crippen LogP contribution in [-0.2, 0) is 28.9 Å². The standard InChI is InChI=1S/C15H20N2O2S2/c1-16-9-13-3-5-14(6-4-13)12-21(18,19)17(2)10-15-7-8-20-11-15/h3-8,11,16H,9-10,12H2,1-2H3. The highest BCUT2D eigenvalue weighted by molar-refractivity contribution is 7.88. The molecule has 6 heteroatoms. The van der Waals surface area contributed by atoms with Crippen LogP contribution in [0.1, 0.15) is 16.7 Å². The molecule has 1 aromatic carbocycles. The number of hydrogen-bond donors (Lipinski definition) is 1. The van der Waals surface area contributed by atoms with Gasteiger partial charge < -0.3 is 5.32 Å². The van der Waals surface area contributed by atoms with Crippen LogP contribution >= 0.6 is 11.3 Å². The van der Waals surface area contributed by atoms with Gasteiger partial charge in [-0.05, 0) is 40.6 Å². The summed E-state index contributed by atoms with van der Waals surface area (Å²) in [6.45, 7) is 1.20. The van der Waals surface area contributed by atoms with Crippen LogP contribution in [0.5, 0.6) is 0 Å². The fraction of sp³-hybridized carbons (Fsp3) is 0.333. The lowest BCUT2D eigenvalue weighted by molar-refractivity contribution is 0.466. The van der Waals surface area contributed by atoms with E-state index in [0.29, 0.717) is 6.54 Å². The third-order valence-corrected chi connectivity index (χ3v) is 5.72. The van der Waals surface area contributed by atoms with Gasteiger partial charge in [0.1, 0.15) is 0 Å². The molecule has 0 amide bonds. The summed E-state index contributed by atoms with van der Waals surface area (Å²) in [7, 11) is 0.222. The molecular weight excluding hydrogens is 304 g/mol. The Morgan fingerprint density at radius 1 is 1.10 bits per heavy atom. The molecule has 0 radical (unpaired) electrons. The van der Waals surface area contributed by atoms with E-state index in [0.717, 1.165) is 23.2 Å². The molecule has 0 unspecified atom stereocenters. The number of benzene rings is 1. The second-order valence-corrected chi connectivity index (χ2v) is 7.85. The van der Waals surface area contributed by atoms with Gasteiger partial charge in [0.05, 0.1) is 5.75 Å². The summed E-state index contributed by atoms with van der Waals surface area (Å²) in [5, 5.41) is 6.99. The fourth-order valence-electron chi connectivity index (χ4n) is 2.02. The van der Waals surface area contributed by atoms with Gasteiger partial charge in [-0.1, -0.05) is 24.3 Å². The van der Waals surface area contributed by atoms with Crippen LogP contribution in [0.25, 0.3) is 0 Å². The number of sulfonamides is 1. The van der Waals surface area contributed by atoms with E-state index >= 15 is 0 Å². The summed E-state index contributed by atoms with van der Waals surface area (Å²) in [6.07, 6.45) is 0. The second-order valence-electron chi connectivity index (χ2n) is 4.99. The highest BCUT2D eigenvalue weighted by Crippen LogP contribution is 2.15. The third kappa shape index (κ3) is 4.64. The molecule has 21 heavy (non-hydrogen) atoms. The Bertz CT molecular complexity index is 649. The highest BCUT2D eigenvalue weighted by atomic mass is 32.2. The van der Waals surface area contributed by atoms with E-state index in [1.54, 1.807) is 18.4 Å². The number of nitrogens with one attached hydrogen (secondary N) is 1. The molecular formula is C15H20N2O2S2. The first kappa shape index (κ1) is 16.2. The lowest BCUT2D eigenvalue weighted by Crippen LogP contribution is -2.27. The minimum absolute atomic E-state index is 0.0352. The van der Waals surface area contributed by atoms with Gasteiger partial charge in [0.2, 0.25) is 10.0 Å². The maximum Gasteiger partial charge on any atom is 0.218 e. The Balaban J connectivity index is 2.02. The first-order valence-electron chi connectivity index (χ1n) is 6.69. The van der Waals surface area contributed by atoms with Crippen molar-refractivity contribution in [3.05, 3.63) is 57.8 Å². The van der Waals surface area contributed by atoms with E-state index in [9.17, 15) is 8.42 Å². The summed E-state index contributed by atoms with van der Waals surface area (Å²) < 4.78 is 26.1. The van der Waals surface area contributed by atoms with E-state index in [1.165, 1.54) is 4.31 Å². The van der Waals surface area contributed by atoms with Gasteiger partial charge in [-0.25, -0.2) is 12.7 Å². The number of rotatable bonds is 7. The molecule has 114 valence electrons. The molecule has 0 aliphatic carbocycles. The van der Waals surface area contributed by atoms with E-state index in [1.807, 2.05) is 48.1 Å². The molecule has 0 saturated carbocycles. The largest absolute Gasteiger partial charge is 0.316 e. The molecule has 0 aliphatic heterocycles. The summed E-state index contributed by atoms with van der Waals surface area (Å²) in [5.41, 5.74) is 2.98. The molecule has 4 nitrogen and oxygen atoms in total. The zero-order chi connectivity index (χ0) is 15.3. The van der Waals surface area contributed by atoms with Crippen molar-refractivity contribution in [2.75, 3.05) is 14.1 Å². The molecule has 1 heterocycles. The van der Waals surface area contributed by atoms with Crippen molar-refractivity contribution in [2.24, 2.45) is 0 Å². The Kier molecular flexibility index (Phi) is 5.52. The van der Waals surface area contributed by atoms with Crippen LogP contribution in [0.4, 0.5) is 0 Å². The average Bonchev–Trinajstić information content (AvgIpc) is 2.94. The van der Waals surface area contributed by atoms with E-state index in [-0.39, 0.29) is 5.75 Å². The fourth-order valence-corrected chi connectivity index (χ4v) is 3.86. The van der Waals surface area contributed by atoms with Gasteiger partial charge in [-0.15, -0.1) is 0 Å². The zero-order valence-electron chi connectivity index (χ0n) is 12.2. The molecule has 0 atom stereocenters. The number of nitrogens with zero attached hydrogens (tertiary/aromatic N) is 1. The van der Waals surface area contributed by atoms with Crippen molar-refractivity contribution in [3.8, 4) is 0 Å². The van der Waals surface area contributed by atoms with Crippen LogP contribution in [0.3, 0.4) is 0 Å². The molecule has 0 fully saturated rings. The van der Waals surface area contributed by atoms with Crippen LogP contribution in [0.2, 0.25) is 0 Å². The molecule has 1 N–H and O–H groups in total. The predicted octanol–water partition coefficient (Wildman–Crippen LogP) is 2.43. The minimum Gasteiger partial charge on any atom is -0.316 e. The van der Waals surface area contributed by atoms with Crippen LogP contribution in [0, 0.1) is 0 Å². The van der Waals surface area contributed by atoms with Gasteiger partial charge in [0, 0.05) is 20.1 Å². The lowest BCUT2D eigenvalue weighted by atomic mass is 10.1. The van der Waals surface area contributed by atoms with Crippen molar-refractivity contribution in [1.82, 2.24) is 9.62 Å². The molecule has 2 rings (SSSR count). The maximum atomic E-state index is 12.4. The first-order chi connectivity index (χ1) is 10.0. The van der Waals surface area contributed by atoms with Crippen molar-refractivity contribution >= 4 is 21.4 Å². The monoisotopic (exact) mass is 324 g/mol.